The van der Waals surface area contributed by atoms with Gasteiger partial charge in [-0.15, -0.1) is 11.8 Å². The van der Waals surface area contributed by atoms with E-state index < -0.39 is 0 Å². The van der Waals surface area contributed by atoms with E-state index >= 15 is 0 Å². The fourth-order valence-corrected chi connectivity index (χ4v) is 7.48. The molecule has 8 heteroatoms. The van der Waals surface area contributed by atoms with E-state index in [-0.39, 0.29) is 29.3 Å². The van der Waals surface area contributed by atoms with E-state index in [9.17, 15) is 14.4 Å². The van der Waals surface area contributed by atoms with E-state index in [1.54, 1.807) is 12.3 Å². The first kappa shape index (κ1) is 26.8. The summed E-state index contributed by atoms with van der Waals surface area (Å²) < 4.78 is 7.90. The molecule has 3 aliphatic rings. The summed E-state index contributed by atoms with van der Waals surface area (Å²) in [5.74, 6) is 0.887. The highest BCUT2D eigenvalue weighted by Gasteiger charge is 2.45. The van der Waals surface area contributed by atoms with Gasteiger partial charge in [-0.25, -0.2) is 0 Å². The van der Waals surface area contributed by atoms with Gasteiger partial charge in [0, 0.05) is 47.9 Å². The van der Waals surface area contributed by atoms with Crippen LogP contribution < -0.4 is 10.4 Å². The summed E-state index contributed by atoms with van der Waals surface area (Å²) in [4.78, 5) is 42.4. The standard InChI is InChI=1S/C32H35N3O4S/c1-4-22(36)8-7-10-24-27(37)14-15-34-31(24)32(38)33-16-17-39-18-29(33)35(34)30-23-13-12-20(2)21(3)26(23)19-40-28-11-6-5-9-25(28)30/h5-6,9,11-15,29-30H,4,7-8,10,16-19H2,1-3H3. The summed E-state index contributed by atoms with van der Waals surface area (Å²) in [6, 6.07) is 14.3. The number of carbonyl (C=O) groups excluding carboxylic acids is 2. The minimum absolute atomic E-state index is 0.143. The van der Waals surface area contributed by atoms with Gasteiger partial charge < -0.3 is 9.64 Å². The predicted molar refractivity (Wildman–Crippen MR) is 157 cm³/mol. The third kappa shape index (κ3) is 4.47. The van der Waals surface area contributed by atoms with Gasteiger partial charge in [0.1, 0.15) is 17.6 Å². The molecule has 2 unspecified atom stereocenters. The number of aryl methyl sites for hydroxylation is 1. The quantitative estimate of drug-likeness (QED) is 0.429. The Hall–Kier alpha value is -3.36. The molecule has 0 aliphatic carbocycles. The zero-order valence-corrected chi connectivity index (χ0v) is 24.1. The predicted octanol–water partition coefficient (Wildman–Crippen LogP) is 4.91. The molecule has 40 heavy (non-hydrogen) atoms. The van der Waals surface area contributed by atoms with Crippen LogP contribution in [0.1, 0.15) is 76.1 Å². The van der Waals surface area contributed by atoms with Gasteiger partial charge in [-0.2, -0.15) is 0 Å². The van der Waals surface area contributed by atoms with Gasteiger partial charge in [0.2, 0.25) is 0 Å². The summed E-state index contributed by atoms with van der Waals surface area (Å²) in [7, 11) is 0. The smallest absolute Gasteiger partial charge is 0.274 e. The normalized spacial score (nSPS) is 19.8. The van der Waals surface area contributed by atoms with Crippen LogP contribution in [-0.4, -0.2) is 47.2 Å². The number of aromatic nitrogens is 1. The van der Waals surface area contributed by atoms with Crippen molar-refractivity contribution in [1.29, 1.82) is 0 Å². The molecule has 0 radical (unpaired) electrons. The van der Waals surface area contributed by atoms with Crippen molar-refractivity contribution in [2.45, 2.75) is 69.3 Å². The zero-order chi connectivity index (χ0) is 28.0. The van der Waals surface area contributed by atoms with E-state index in [4.69, 9.17) is 4.74 Å². The highest BCUT2D eigenvalue weighted by Crippen LogP contribution is 2.45. The molecule has 0 saturated carbocycles. The van der Waals surface area contributed by atoms with Crippen molar-refractivity contribution >= 4 is 23.5 Å². The topological polar surface area (TPSA) is 71.9 Å². The molecule has 3 aromatic rings. The second-order valence-electron chi connectivity index (χ2n) is 10.8. The van der Waals surface area contributed by atoms with E-state index in [0.717, 1.165) is 5.75 Å². The van der Waals surface area contributed by atoms with E-state index in [2.05, 4.69) is 55.3 Å². The highest BCUT2D eigenvalue weighted by atomic mass is 32.2. The number of morpholine rings is 1. The Morgan fingerprint density at radius 1 is 1.07 bits per heavy atom. The molecule has 3 aliphatic heterocycles. The minimum atomic E-state index is -0.332. The fourth-order valence-electron chi connectivity index (χ4n) is 6.27. The number of thioether (sulfide) groups is 1. The molecule has 2 aromatic carbocycles. The maximum absolute atomic E-state index is 14.1. The molecule has 4 heterocycles. The minimum Gasteiger partial charge on any atom is -0.375 e. The van der Waals surface area contributed by atoms with Crippen molar-refractivity contribution < 1.29 is 14.3 Å². The van der Waals surface area contributed by atoms with Crippen molar-refractivity contribution in [3.05, 3.63) is 98.0 Å². The van der Waals surface area contributed by atoms with Crippen molar-refractivity contribution in [3.63, 3.8) is 0 Å². The second-order valence-corrected chi connectivity index (χ2v) is 11.9. The number of rotatable bonds is 6. The van der Waals surface area contributed by atoms with E-state index in [0.29, 0.717) is 56.7 Å². The summed E-state index contributed by atoms with van der Waals surface area (Å²) in [5, 5.41) is 2.26. The van der Waals surface area contributed by atoms with E-state index in [1.165, 1.54) is 32.7 Å². The number of carbonyl (C=O) groups is 2. The van der Waals surface area contributed by atoms with Crippen LogP contribution in [0.3, 0.4) is 0 Å². The number of amides is 1. The van der Waals surface area contributed by atoms with Gasteiger partial charge >= 0.3 is 0 Å². The number of Topliss-reactive ketones (excluding diaryl/α,β-unsaturated/α-hetero) is 1. The maximum atomic E-state index is 14.1. The Balaban J connectivity index is 1.58. The molecule has 1 aromatic heterocycles. The monoisotopic (exact) mass is 557 g/mol. The summed E-state index contributed by atoms with van der Waals surface area (Å²) in [5.41, 5.74) is 6.99. The van der Waals surface area contributed by atoms with Crippen LogP contribution in [0, 0.1) is 13.8 Å². The Labute approximate surface area is 239 Å². The average molecular weight is 558 g/mol. The van der Waals surface area contributed by atoms with Crippen LogP contribution in [0.15, 0.2) is 58.4 Å². The number of hydrogen-bond donors (Lipinski definition) is 0. The van der Waals surface area contributed by atoms with Crippen LogP contribution in [0.2, 0.25) is 0 Å². The fraction of sp³-hybridized carbons (Fsp3) is 0.406. The first-order valence-electron chi connectivity index (χ1n) is 14.1. The largest absolute Gasteiger partial charge is 0.375 e. The summed E-state index contributed by atoms with van der Waals surface area (Å²) in [6.07, 6.45) is 3.24. The van der Waals surface area contributed by atoms with Crippen LogP contribution in [-0.2, 0) is 21.7 Å². The maximum Gasteiger partial charge on any atom is 0.274 e. The third-order valence-electron chi connectivity index (χ3n) is 8.63. The molecule has 1 fully saturated rings. The van der Waals surface area contributed by atoms with Gasteiger partial charge in [0.05, 0.1) is 19.3 Å². The van der Waals surface area contributed by atoms with Crippen LogP contribution in [0.5, 0.6) is 0 Å². The molecular formula is C32H35N3O4S. The lowest BCUT2D eigenvalue weighted by molar-refractivity contribution is -0.118. The summed E-state index contributed by atoms with van der Waals surface area (Å²) >= 11 is 1.85. The van der Waals surface area contributed by atoms with E-state index in [1.807, 2.05) is 28.3 Å². The van der Waals surface area contributed by atoms with Gasteiger partial charge in [-0.3, -0.25) is 24.1 Å². The zero-order valence-electron chi connectivity index (χ0n) is 23.3. The molecule has 0 N–H and O–H groups in total. The van der Waals surface area contributed by atoms with Gasteiger partial charge in [0.25, 0.3) is 5.91 Å². The average Bonchev–Trinajstić information content (AvgIpc) is 3.13. The molecule has 0 bridgehead atoms. The van der Waals surface area contributed by atoms with Crippen LogP contribution in [0.4, 0.5) is 0 Å². The molecule has 2 atom stereocenters. The van der Waals surface area contributed by atoms with Crippen LogP contribution in [0.25, 0.3) is 0 Å². The van der Waals surface area contributed by atoms with Gasteiger partial charge in [-0.1, -0.05) is 37.3 Å². The Morgan fingerprint density at radius 2 is 1.90 bits per heavy atom. The Morgan fingerprint density at radius 3 is 2.73 bits per heavy atom. The lowest BCUT2D eigenvalue weighted by atomic mass is 9.89. The number of benzene rings is 2. The lowest BCUT2D eigenvalue weighted by Gasteiger charge is -2.51. The molecule has 1 amide bonds. The number of ketones is 1. The molecule has 6 rings (SSSR count). The van der Waals surface area contributed by atoms with Crippen LogP contribution >= 0.6 is 11.8 Å². The molecule has 7 nitrogen and oxygen atoms in total. The van der Waals surface area contributed by atoms with Gasteiger partial charge in [-0.05, 0) is 60.6 Å². The number of nitrogens with zero attached hydrogens (tertiary/aromatic N) is 3. The lowest BCUT2D eigenvalue weighted by Crippen LogP contribution is -2.66. The number of hydrogen-bond acceptors (Lipinski definition) is 6. The third-order valence-corrected chi connectivity index (χ3v) is 9.74. The van der Waals surface area contributed by atoms with Crippen molar-refractivity contribution in [2.24, 2.45) is 0 Å². The number of ether oxygens (including phenoxy) is 1. The molecule has 1 saturated heterocycles. The first-order chi connectivity index (χ1) is 19.4. The molecular weight excluding hydrogens is 522 g/mol. The first-order valence-corrected chi connectivity index (χ1v) is 15.1. The SMILES string of the molecule is CCC(=O)CCCc1c2n(ccc1=O)N(C1c3ccccc3SCc3c1ccc(C)c3C)C1COCCN1C2=O. The van der Waals surface area contributed by atoms with Crippen molar-refractivity contribution in [2.75, 3.05) is 24.8 Å². The Bertz CT molecular complexity index is 1550. The number of fused-ring (bicyclic) bond motifs is 4. The van der Waals surface area contributed by atoms with Crippen molar-refractivity contribution in [3.8, 4) is 0 Å². The number of pyridine rings is 1. The Kier molecular flexibility index (Phi) is 7.31. The highest BCUT2D eigenvalue weighted by molar-refractivity contribution is 7.98. The van der Waals surface area contributed by atoms with Gasteiger partial charge in [0.15, 0.2) is 5.43 Å². The molecule has 0 spiro atoms. The van der Waals surface area contributed by atoms with Crippen molar-refractivity contribution in [1.82, 2.24) is 9.58 Å². The molecule has 208 valence electrons. The summed E-state index contributed by atoms with van der Waals surface area (Å²) in [6.45, 7) is 7.49. The second kappa shape index (κ2) is 10.9.